The van der Waals surface area contributed by atoms with Gasteiger partial charge in [0.15, 0.2) is 0 Å². The maximum atomic E-state index is 13.2. The molecule has 1 saturated heterocycles. The smallest absolute Gasteiger partial charge is 0.304 e. The van der Waals surface area contributed by atoms with Gasteiger partial charge in [-0.2, -0.15) is 0 Å². The molecule has 1 aliphatic rings. The fourth-order valence-corrected chi connectivity index (χ4v) is 2.74. The number of rotatable bonds is 4. The first-order valence-corrected chi connectivity index (χ1v) is 6.77. The molecule has 1 heterocycles. The number of benzene rings is 1. The van der Waals surface area contributed by atoms with Crippen LogP contribution < -0.4 is 0 Å². The third kappa shape index (κ3) is 3.77. The number of carboxylic acids is 1. The first-order valence-electron chi connectivity index (χ1n) is 6.77. The Hall–Kier alpha value is -1.42. The number of carbonyl (C=O) groups is 1. The third-order valence-electron chi connectivity index (χ3n) is 3.77. The van der Waals surface area contributed by atoms with Gasteiger partial charge in [-0.25, -0.2) is 4.39 Å². The summed E-state index contributed by atoms with van der Waals surface area (Å²) in [5.41, 5.74) is 1.69. The van der Waals surface area contributed by atoms with Crippen molar-refractivity contribution in [2.24, 2.45) is 0 Å². The van der Waals surface area contributed by atoms with Crippen LogP contribution in [0.2, 0.25) is 0 Å². The molecule has 1 aliphatic heterocycles. The van der Waals surface area contributed by atoms with E-state index in [9.17, 15) is 9.18 Å². The Balaban J connectivity index is 2.06. The van der Waals surface area contributed by atoms with Gasteiger partial charge in [0.05, 0.1) is 6.42 Å². The number of hydrogen-bond acceptors (Lipinski definition) is 2. The van der Waals surface area contributed by atoms with E-state index in [1.165, 1.54) is 6.07 Å². The average Bonchev–Trinajstić information content (AvgIpc) is 2.36. The van der Waals surface area contributed by atoms with Crippen LogP contribution in [0.4, 0.5) is 4.39 Å². The summed E-state index contributed by atoms with van der Waals surface area (Å²) in [6.45, 7) is 3.39. The summed E-state index contributed by atoms with van der Waals surface area (Å²) in [6, 6.07) is 5.23. The van der Waals surface area contributed by atoms with E-state index < -0.39 is 5.97 Å². The number of aliphatic carboxylic acids is 1. The summed E-state index contributed by atoms with van der Waals surface area (Å²) in [6.07, 6.45) is 3.33. The van der Waals surface area contributed by atoms with Crippen LogP contribution in [-0.2, 0) is 11.3 Å². The van der Waals surface area contributed by atoms with Crippen molar-refractivity contribution in [2.75, 3.05) is 6.54 Å². The minimum Gasteiger partial charge on any atom is -0.481 e. The van der Waals surface area contributed by atoms with Crippen LogP contribution in [0.25, 0.3) is 0 Å². The highest BCUT2D eigenvalue weighted by atomic mass is 19.1. The number of piperidine rings is 1. The first-order chi connectivity index (χ1) is 9.06. The Morgan fingerprint density at radius 3 is 2.95 bits per heavy atom. The van der Waals surface area contributed by atoms with Crippen molar-refractivity contribution in [2.45, 2.75) is 45.2 Å². The Morgan fingerprint density at radius 1 is 1.47 bits per heavy atom. The summed E-state index contributed by atoms with van der Waals surface area (Å²) in [4.78, 5) is 13.1. The van der Waals surface area contributed by atoms with Crippen LogP contribution in [0.5, 0.6) is 0 Å². The normalized spacial score (nSPS) is 20.4. The second-order valence-corrected chi connectivity index (χ2v) is 5.30. The monoisotopic (exact) mass is 265 g/mol. The minimum atomic E-state index is -0.743. The fourth-order valence-electron chi connectivity index (χ4n) is 2.74. The highest BCUT2D eigenvalue weighted by molar-refractivity contribution is 5.67. The lowest BCUT2D eigenvalue weighted by Crippen LogP contribution is -2.40. The molecular weight excluding hydrogens is 245 g/mol. The van der Waals surface area contributed by atoms with Crippen LogP contribution >= 0.6 is 0 Å². The second-order valence-electron chi connectivity index (χ2n) is 5.30. The highest BCUT2D eigenvalue weighted by Gasteiger charge is 2.24. The molecule has 0 aliphatic carbocycles. The number of halogens is 1. The third-order valence-corrected chi connectivity index (χ3v) is 3.77. The minimum absolute atomic E-state index is 0.108. The quantitative estimate of drug-likeness (QED) is 0.910. The molecule has 3 nitrogen and oxygen atoms in total. The molecular formula is C15H20FNO2. The SMILES string of the molecule is Cc1cc(CN2CCCCC2CC(=O)O)ccc1F. The molecule has 1 unspecified atom stereocenters. The van der Waals surface area contributed by atoms with Crippen molar-refractivity contribution >= 4 is 5.97 Å². The summed E-state index contributed by atoms with van der Waals surface area (Å²) in [5, 5.41) is 8.95. The van der Waals surface area contributed by atoms with Crippen molar-refractivity contribution in [1.29, 1.82) is 0 Å². The van der Waals surface area contributed by atoms with Gasteiger partial charge in [0.2, 0.25) is 0 Å². The fraction of sp³-hybridized carbons (Fsp3) is 0.533. The highest BCUT2D eigenvalue weighted by Crippen LogP contribution is 2.22. The van der Waals surface area contributed by atoms with Crippen molar-refractivity contribution in [3.05, 3.63) is 35.1 Å². The number of nitrogens with zero attached hydrogens (tertiary/aromatic N) is 1. The van der Waals surface area contributed by atoms with Gasteiger partial charge in [-0.1, -0.05) is 18.6 Å². The van der Waals surface area contributed by atoms with E-state index in [0.717, 1.165) is 31.4 Å². The summed E-state index contributed by atoms with van der Waals surface area (Å²) >= 11 is 0. The van der Waals surface area contributed by atoms with Gasteiger partial charge in [0.25, 0.3) is 0 Å². The van der Waals surface area contributed by atoms with Crippen LogP contribution in [0, 0.1) is 12.7 Å². The molecule has 0 spiro atoms. The molecule has 1 aromatic carbocycles. The van der Waals surface area contributed by atoms with Gasteiger partial charge in [0.1, 0.15) is 5.82 Å². The Morgan fingerprint density at radius 2 is 2.26 bits per heavy atom. The van der Waals surface area contributed by atoms with Crippen molar-refractivity contribution in [1.82, 2.24) is 4.90 Å². The lowest BCUT2D eigenvalue weighted by molar-refractivity contribution is -0.138. The average molecular weight is 265 g/mol. The lowest BCUT2D eigenvalue weighted by atomic mass is 9.98. The standard InChI is InChI=1S/C15H20FNO2/c1-11-8-12(5-6-14(11)16)10-17-7-3-2-4-13(17)9-15(18)19/h5-6,8,13H,2-4,7,9-10H2,1H3,(H,18,19). The molecule has 0 saturated carbocycles. The Bertz CT molecular complexity index is 461. The summed E-state index contributed by atoms with van der Waals surface area (Å²) in [5.74, 6) is -0.934. The van der Waals surface area contributed by atoms with Crippen LogP contribution in [0.3, 0.4) is 0 Å². The zero-order valence-corrected chi connectivity index (χ0v) is 11.2. The van der Waals surface area contributed by atoms with Crippen molar-refractivity contribution in [3.8, 4) is 0 Å². The van der Waals surface area contributed by atoms with Crippen molar-refractivity contribution in [3.63, 3.8) is 0 Å². The molecule has 0 bridgehead atoms. The van der Waals surface area contributed by atoms with Crippen LogP contribution in [0.1, 0.15) is 36.8 Å². The van der Waals surface area contributed by atoms with Gasteiger partial charge in [-0.05, 0) is 43.5 Å². The van der Waals surface area contributed by atoms with E-state index in [4.69, 9.17) is 5.11 Å². The number of likely N-dealkylation sites (tertiary alicyclic amines) is 1. The van der Waals surface area contributed by atoms with Gasteiger partial charge in [-0.3, -0.25) is 9.69 Å². The number of hydrogen-bond donors (Lipinski definition) is 1. The van der Waals surface area contributed by atoms with E-state index in [2.05, 4.69) is 4.90 Å². The zero-order valence-electron chi connectivity index (χ0n) is 11.2. The number of carboxylic acid groups (broad SMARTS) is 1. The largest absolute Gasteiger partial charge is 0.481 e. The first kappa shape index (κ1) is 14.0. The maximum absolute atomic E-state index is 13.2. The molecule has 4 heteroatoms. The Labute approximate surface area is 113 Å². The van der Waals surface area contributed by atoms with Crippen LogP contribution in [-0.4, -0.2) is 28.6 Å². The predicted octanol–water partition coefficient (Wildman–Crippen LogP) is 2.96. The lowest BCUT2D eigenvalue weighted by Gasteiger charge is -2.35. The summed E-state index contributed by atoms with van der Waals surface area (Å²) in [7, 11) is 0. The van der Waals surface area contributed by atoms with Gasteiger partial charge in [-0.15, -0.1) is 0 Å². The maximum Gasteiger partial charge on any atom is 0.304 e. The molecule has 1 atom stereocenters. The molecule has 1 N–H and O–H groups in total. The topological polar surface area (TPSA) is 40.5 Å². The van der Waals surface area contributed by atoms with E-state index in [-0.39, 0.29) is 18.3 Å². The van der Waals surface area contributed by atoms with Gasteiger partial charge < -0.3 is 5.11 Å². The molecule has 1 fully saturated rings. The van der Waals surface area contributed by atoms with E-state index >= 15 is 0 Å². The van der Waals surface area contributed by atoms with E-state index in [1.807, 2.05) is 6.07 Å². The van der Waals surface area contributed by atoms with Gasteiger partial charge in [0, 0.05) is 12.6 Å². The molecule has 0 radical (unpaired) electrons. The molecule has 104 valence electrons. The van der Waals surface area contributed by atoms with Gasteiger partial charge >= 0.3 is 5.97 Å². The molecule has 0 aromatic heterocycles. The zero-order chi connectivity index (χ0) is 13.8. The predicted molar refractivity (Wildman–Crippen MR) is 71.4 cm³/mol. The molecule has 0 amide bonds. The van der Waals surface area contributed by atoms with Crippen LogP contribution in [0.15, 0.2) is 18.2 Å². The summed E-state index contributed by atoms with van der Waals surface area (Å²) < 4.78 is 13.2. The van der Waals surface area contributed by atoms with E-state index in [1.54, 1.807) is 13.0 Å². The number of aryl methyl sites for hydroxylation is 1. The van der Waals surface area contributed by atoms with Crippen molar-refractivity contribution < 1.29 is 14.3 Å². The second kappa shape index (κ2) is 6.15. The molecule has 19 heavy (non-hydrogen) atoms. The Kier molecular flexibility index (Phi) is 4.53. The molecule has 1 aromatic rings. The molecule has 2 rings (SSSR count). The van der Waals surface area contributed by atoms with E-state index in [0.29, 0.717) is 12.1 Å².